The Bertz CT molecular complexity index is 908. The number of Topliss-reactive ketones (excluding diaryl/α,β-unsaturated/α-hetero) is 1. The van der Waals surface area contributed by atoms with Crippen LogP contribution < -0.4 is 0 Å². The van der Waals surface area contributed by atoms with Crippen LogP contribution in [0.3, 0.4) is 0 Å². The molecule has 0 N–H and O–H groups in total. The number of fused-ring (bicyclic) bond motifs is 2. The standard InChI is InChI=1S/C20H17Cl2N3O/c21-14-1-3-17(22)16(10-14)12-5-6-24-18(8-12)20(26)9-13-7-15-2-4-19(13)25(15)11-23/h1,3,5-6,8,10,13,15,19H,2,4,7,9H2/t13-,15-,19+/m0/s1. The van der Waals surface area contributed by atoms with Crippen molar-refractivity contribution in [3.05, 3.63) is 52.3 Å². The number of benzene rings is 1. The number of hydrogen-bond acceptors (Lipinski definition) is 4. The van der Waals surface area contributed by atoms with E-state index >= 15 is 0 Å². The molecule has 3 atom stereocenters. The first-order chi connectivity index (χ1) is 12.6. The lowest BCUT2D eigenvalue weighted by Crippen LogP contribution is -2.26. The summed E-state index contributed by atoms with van der Waals surface area (Å²) in [5.74, 6) is 0.251. The lowest BCUT2D eigenvalue weighted by molar-refractivity contribution is 0.0946. The number of ketones is 1. The van der Waals surface area contributed by atoms with E-state index in [1.807, 2.05) is 11.0 Å². The van der Waals surface area contributed by atoms with Gasteiger partial charge in [0.25, 0.3) is 0 Å². The average molecular weight is 386 g/mol. The quantitative estimate of drug-likeness (QED) is 0.550. The molecule has 4 rings (SSSR count). The molecule has 2 bridgehead atoms. The Hall–Kier alpha value is -2.09. The van der Waals surface area contributed by atoms with Gasteiger partial charge in [-0.25, -0.2) is 0 Å². The molecule has 2 aliphatic rings. The van der Waals surface area contributed by atoms with Gasteiger partial charge in [0.05, 0.1) is 0 Å². The number of carbonyl (C=O) groups is 1. The molecule has 3 heterocycles. The van der Waals surface area contributed by atoms with Crippen molar-refractivity contribution in [2.24, 2.45) is 5.92 Å². The van der Waals surface area contributed by atoms with Crippen molar-refractivity contribution in [2.75, 3.05) is 0 Å². The molecule has 1 aromatic heterocycles. The van der Waals surface area contributed by atoms with Crippen molar-refractivity contribution >= 4 is 29.0 Å². The highest BCUT2D eigenvalue weighted by molar-refractivity contribution is 6.35. The highest BCUT2D eigenvalue weighted by atomic mass is 35.5. The predicted octanol–water partition coefficient (Wildman–Crippen LogP) is 4.96. The Morgan fingerprint density at radius 2 is 2.12 bits per heavy atom. The lowest BCUT2D eigenvalue weighted by atomic mass is 9.85. The van der Waals surface area contributed by atoms with Gasteiger partial charge in [0.2, 0.25) is 0 Å². The van der Waals surface area contributed by atoms with Gasteiger partial charge >= 0.3 is 0 Å². The molecule has 0 saturated carbocycles. The predicted molar refractivity (Wildman–Crippen MR) is 101 cm³/mol. The zero-order chi connectivity index (χ0) is 18.3. The van der Waals surface area contributed by atoms with Crippen LogP contribution in [0.25, 0.3) is 11.1 Å². The zero-order valence-corrected chi connectivity index (χ0v) is 15.5. The summed E-state index contributed by atoms with van der Waals surface area (Å²) in [6, 6.07) is 9.38. The first kappa shape index (κ1) is 17.3. The molecule has 0 spiro atoms. The summed E-state index contributed by atoms with van der Waals surface area (Å²) in [6.07, 6.45) is 7.33. The van der Waals surface area contributed by atoms with E-state index in [1.54, 1.807) is 30.5 Å². The second-order valence-corrected chi connectivity index (χ2v) is 7.83. The smallest absolute Gasteiger partial charge is 0.181 e. The normalized spacial score (nSPS) is 23.9. The number of halogens is 2. The fraction of sp³-hybridized carbons (Fsp3) is 0.350. The number of pyridine rings is 1. The topological polar surface area (TPSA) is 57.0 Å². The van der Waals surface area contributed by atoms with Gasteiger partial charge in [-0.2, -0.15) is 5.26 Å². The van der Waals surface area contributed by atoms with Crippen LogP contribution in [0.15, 0.2) is 36.5 Å². The van der Waals surface area contributed by atoms with Gasteiger partial charge in [0.15, 0.2) is 12.0 Å². The Balaban J connectivity index is 1.55. The molecule has 4 nitrogen and oxygen atoms in total. The fourth-order valence-electron chi connectivity index (χ4n) is 4.30. The minimum atomic E-state index is 0.0143. The van der Waals surface area contributed by atoms with E-state index in [9.17, 15) is 10.1 Å². The molecule has 0 unspecified atom stereocenters. The van der Waals surface area contributed by atoms with Gasteiger partial charge in [0, 0.05) is 40.3 Å². The summed E-state index contributed by atoms with van der Waals surface area (Å²) in [6.45, 7) is 0. The van der Waals surface area contributed by atoms with Crippen molar-refractivity contribution in [3.8, 4) is 17.3 Å². The molecule has 6 heteroatoms. The number of nitriles is 1. The van der Waals surface area contributed by atoms with Gasteiger partial charge in [-0.3, -0.25) is 9.78 Å². The molecule has 0 aliphatic carbocycles. The van der Waals surface area contributed by atoms with Gasteiger partial charge in [0.1, 0.15) is 5.69 Å². The average Bonchev–Trinajstić information content (AvgIpc) is 3.20. The molecule has 0 radical (unpaired) electrons. The first-order valence-electron chi connectivity index (χ1n) is 8.69. The molecule has 1 aromatic carbocycles. The maximum absolute atomic E-state index is 12.8. The van der Waals surface area contributed by atoms with Crippen LogP contribution >= 0.6 is 23.2 Å². The van der Waals surface area contributed by atoms with Gasteiger partial charge in [-0.15, -0.1) is 0 Å². The SMILES string of the molecule is N#CN1[C@H]2CC[C@@H]1[C@H](CC(=O)c1cc(-c3cc(Cl)ccc3Cl)ccn1)C2. The van der Waals surface area contributed by atoms with Crippen LogP contribution in [0.4, 0.5) is 0 Å². The Kier molecular flexibility index (Phi) is 4.60. The number of hydrogen-bond donors (Lipinski definition) is 0. The summed E-state index contributed by atoms with van der Waals surface area (Å²) >= 11 is 12.3. The maximum Gasteiger partial charge on any atom is 0.181 e. The Morgan fingerprint density at radius 1 is 1.27 bits per heavy atom. The first-order valence-corrected chi connectivity index (χ1v) is 9.45. The highest BCUT2D eigenvalue weighted by Crippen LogP contribution is 2.43. The van der Waals surface area contributed by atoms with E-state index in [2.05, 4.69) is 11.2 Å². The van der Waals surface area contributed by atoms with E-state index < -0.39 is 0 Å². The number of aromatic nitrogens is 1. The fourth-order valence-corrected chi connectivity index (χ4v) is 4.70. The molecular formula is C20H17Cl2N3O. The minimum absolute atomic E-state index is 0.0143. The molecule has 2 saturated heterocycles. The molecular weight excluding hydrogens is 369 g/mol. The number of carbonyl (C=O) groups excluding carboxylic acids is 1. The van der Waals surface area contributed by atoms with Gasteiger partial charge in [-0.05, 0) is 61.1 Å². The van der Waals surface area contributed by atoms with E-state index in [-0.39, 0.29) is 17.7 Å². The number of nitrogens with zero attached hydrogens (tertiary/aromatic N) is 3. The van der Waals surface area contributed by atoms with Crippen molar-refractivity contribution < 1.29 is 4.79 Å². The van der Waals surface area contributed by atoms with E-state index in [0.717, 1.165) is 30.4 Å². The zero-order valence-electron chi connectivity index (χ0n) is 14.0. The lowest BCUT2D eigenvalue weighted by Gasteiger charge is -2.19. The third-order valence-corrected chi connectivity index (χ3v) is 6.08. The molecule has 26 heavy (non-hydrogen) atoms. The Morgan fingerprint density at radius 3 is 2.88 bits per heavy atom. The van der Waals surface area contributed by atoms with E-state index in [4.69, 9.17) is 23.2 Å². The van der Waals surface area contributed by atoms with Gasteiger partial charge < -0.3 is 4.90 Å². The summed E-state index contributed by atoms with van der Waals surface area (Å²) in [5.41, 5.74) is 2.04. The molecule has 132 valence electrons. The maximum atomic E-state index is 12.8. The van der Waals surface area contributed by atoms with Crippen molar-refractivity contribution in [3.63, 3.8) is 0 Å². The summed E-state index contributed by atoms with van der Waals surface area (Å²) in [4.78, 5) is 18.9. The third kappa shape index (κ3) is 3.06. The monoisotopic (exact) mass is 385 g/mol. The second kappa shape index (κ2) is 6.90. The summed E-state index contributed by atoms with van der Waals surface area (Å²) < 4.78 is 0. The molecule has 2 aliphatic heterocycles. The van der Waals surface area contributed by atoms with E-state index in [1.165, 1.54) is 0 Å². The second-order valence-electron chi connectivity index (χ2n) is 6.98. The van der Waals surface area contributed by atoms with E-state index in [0.29, 0.717) is 28.2 Å². The van der Waals surface area contributed by atoms with Crippen molar-refractivity contribution in [2.45, 2.75) is 37.8 Å². The third-order valence-electron chi connectivity index (χ3n) is 5.51. The highest BCUT2D eigenvalue weighted by Gasteiger charge is 2.46. The molecule has 2 aromatic rings. The van der Waals surface area contributed by atoms with Crippen LogP contribution in [0, 0.1) is 17.4 Å². The Labute approximate surface area is 162 Å². The van der Waals surface area contributed by atoms with Crippen LogP contribution in [0.5, 0.6) is 0 Å². The molecule has 0 amide bonds. The van der Waals surface area contributed by atoms with Crippen LogP contribution in [0.2, 0.25) is 10.0 Å². The van der Waals surface area contributed by atoms with Crippen LogP contribution in [0.1, 0.15) is 36.2 Å². The van der Waals surface area contributed by atoms with Crippen LogP contribution in [-0.4, -0.2) is 27.8 Å². The largest absolute Gasteiger partial charge is 0.304 e. The number of rotatable bonds is 4. The summed E-state index contributed by atoms with van der Waals surface area (Å²) in [5, 5.41) is 10.5. The van der Waals surface area contributed by atoms with Crippen molar-refractivity contribution in [1.29, 1.82) is 5.26 Å². The van der Waals surface area contributed by atoms with Crippen LogP contribution in [-0.2, 0) is 0 Å². The minimum Gasteiger partial charge on any atom is -0.304 e. The van der Waals surface area contributed by atoms with Crippen molar-refractivity contribution in [1.82, 2.24) is 9.88 Å². The van der Waals surface area contributed by atoms with Gasteiger partial charge in [-0.1, -0.05) is 23.2 Å². The molecule has 2 fully saturated rings. The summed E-state index contributed by atoms with van der Waals surface area (Å²) in [7, 11) is 0.